The lowest BCUT2D eigenvalue weighted by molar-refractivity contribution is -0.139. The molecule has 0 unspecified atom stereocenters. The molecule has 2 aromatic carbocycles. The number of hydrogen-bond acceptors (Lipinski definition) is 8. The van der Waals surface area contributed by atoms with Crippen molar-refractivity contribution in [1.29, 1.82) is 0 Å². The maximum atomic E-state index is 14.1. The van der Waals surface area contributed by atoms with Crippen LogP contribution >= 0.6 is 11.3 Å². The molecule has 0 fully saturated rings. The Morgan fingerprint density at radius 2 is 1.95 bits per heavy atom. The number of nitrogens with zero attached hydrogens (tertiary/aromatic N) is 3. The van der Waals surface area contributed by atoms with Gasteiger partial charge in [0, 0.05) is 31.8 Å². The van der Waals surface area contributed by atoms with Crippen LogP contribution in [0.5, 0.6) is 5.75 Å². The van der Waals surface area contributed by atoms with Gasteiger partial charge in [-0.2, -0.15) is 0 Å². The van der Waals surface area contributed by atoms with Crippen molar-refractivity contribution in [3.8, 4) is 5.75 Å². The Bertz CT molecular complexity index is 1760. The van der Waals surface area contributed by atoms with E-state index in [1.807, 2.05) is 74.4 Å². The summed E-state index contributed by atoms with van der Waals surface area (Å²) in [6, 6.07) is 14.6. The van der Waals surface area contributed by atoms with Gasteiger partial charge in [0.2, 0.25) is 0 Å². The van der Waals surface area contributed by atoms with Crippen LogP contribution in [0.3, 0.4) is 0 Å². The van der Waals surface area contributed by atoms with Gasteiger partial charge in [-0.05, 0) is 36.2 Å². The van der Waals surface area contributed by atoms with E-state index in [1.54, 1.807) is 24.7 Å². The number of benzene rings is 2. The molecule has 3 heterocycles. The van der Waals surface area contributed by atoms with Gasteiger partial charge >= 0.3 is 5.97 Å². The predicted octanol–water partition coefficient (Wildman–Crippen LogP) is 4.40. The van der Waals surface area contributed by atoms with Gasteiger partial charge in [-0.1, -0.05) is 55.0 Å². The maximum absolute atomic E-state index is 14.1. The number of esters is 1. The topological polar surface area (TPSA) is 86.3 Å². The number of aromatic nitrogens is 1. The molecule has 0 aliphatic carbocycles. The Morgan fingerprint density at radius 3 is 2.64 bits per heavy atom. The van der Waals surface area contributed by atoms with Gasteiger partial charge in [0.1, 0.15) is 17.6 Å². The Morgan fingerprint density at radius 1 is 1.15 bits per heavy atom. The Balaban J connectivity index is 1.85. The summed E-state index contributed by atoms with van der Waals surface area (Å²) in [7, 11) is 5.37. The van der Waals surface area contributed by atoms with Crippen molar-refractivity contribution in [3.05, 3.63) is 90.8 Å². The monoisotopic (exact) mass is 545 g/mol. The van der Waals surface area contributed by atoms with Crippen LogP contribution in [-0.2, 0) is 9.53 Å². The second-order valence-electron chi connectivity index (χ2n) is 9.39. The summed E-state index contributed by atoms with van der Waals surface area (Å²) in [4.78, 5) is 34.9. The lowest BCUT2D eigenvalue weighted by atomic mass is 9.90. The quantitative estimate of drug-likeness (QED) is 0.305. The molecule has 4 aromatic rings. The van der Waals surface area contributed by atoms with Gasteiger partial charge in [0.05, 0.1) is 29.5 Å². The number of ether oxygens (including phenoxy) is 2. The summed E-state index contributed by atoms with van der Waals surface area (Å²) in [6.45, 7) is 4.01. The molecular formula is C30H31N3O5S. The molecule has 202 valence electrons. The molecule has 8 nitrogen and oxygen atoms in total. The molecule has 1 aliphatic rings. The zero-order chi connectivity index (χ0) is 27.7. The molecule has 39 heavy (non-hydrogen) atoms. The van der Waals surface area contributed by atoms with Crippen molar-refractivity contribution in [2.24, 2.45) is 4.99 Å². The van der Waals surface area contributed by atoms with E-state index >= 15 is 0 Å². The molecule has 5 rings (SSSR count). The third kappa shape index (κ3) is 4.78. The normalized spacial score (nSPS) is 15.3. The Kier molecular flexibility index (Phi) is 7.43. The number of methoxy groups -OCH3 is 1. The van der Waals surface area contributed by atoms with Crippen molar-refractivity contribution in [2.45, 2.75) is 32.7 Å². The molecule has 2 aromatic heterocycles. The lowest BCUT2D eigenvalue weighted by Gasteiger charge is -2.28. The average molecular weight is 546 g/mol. The maximum Gasteiger partial charge on any atom is 0.338 e. The molecule has 0 amide bonds. The van der Waals surface area contributed by atoms with E-state index in [0.29, 0.717) is 44.4 Å². The number of thiazole rings is 1. The Hall–Kier alpha value is -4.11. The highest BCUT2D eigenvalue weighted by Crippen LogP contribution is 2.41. The van der Waals surface area contributed by atoms with Crippen molar-refractivity contribution in [1.82, 2.24) is 4.57 Å². The number of allylic oxidation sites excluding steroid dienone is 1. The van der Waals surface area contributed by atoms with Crippen LogP contribution in [0.15, 0.2) is 74.0 Å². The summed E-state index contributed by atoms with van der Waals surface area (Å²) in [5, 5.41) is 1.86. The van der Waals surface area contributed by atoms with Gasteiger partial charge in [0.25, 0.3) is 5.56 Å². The predicted molar refractivity (Wildman–Crippen MR) is 153 cm³/mol. The van der Waals surface area contributed by atoms with Crippen molar-refractivity contribution >= 4 is 40.0 Å². The fraction of sp³-hybridized carbons (Fsp3) is 0.300. The highest BCUT2D eigenvalue weighted by atomic mass is 32.1. The molecule has 1 aliphatic heterocycles. The smallest absolute Gasteiger partial charge is 0.338 e. The number of carbonyl (C=O) groups excluding carboxylic acids is 1. The first-order chi connectivity index (χ1) is 18.9. The van der Waals surface area contributed by atoms with Crippen LogP contribution in [0.1, 0.15) is 44.1 Å². The van der Waals surface area contributed by atoms with Crippen molar-refractivity contribution < 1.29 is 18.7 Å². The number of furan rings is 1. The van der Waals surface area contributed by atoms with E-state index in [9.17, 15) is 9.59 Å². The zero-order valence-corrected chi connectivity index (χ0v) is 23.5. The molecule has 9 heteroatoms. The molecule has 1 atom stereocenters. The molecule has 0 saturated heterocycles. The molecular weight excluding hydrogens is 514 g/mol. The van der Waals surface area contributed by atoms with Crippen LogP contribution < -0.4 is 24.5 Å². The van der Waals surface area contributed by atoms with E-state index in [1.165, 1.54) is 11.3 Å². The fourth-order valence-corrected chi connectivity index (χ4v) is 5.92. The number of fused-ring (bicyclic) bond motifs is 2. The van der Waals surface area contributed by atoms with Crippen LogP contribution in [0.25, 0.3) is 16.8 Å². The van der Waals surface area contributed by atoms with Crippen molar-refractivity contribution in [2.75, 3.05) is 32.7 Å². The average Bonchev–Trinajstić information content (AvgIpc) is 3.52. The number of rotatable bonds is 8. The summed E-state index contributed by atoms with van der Waals surface area (Å²) < 4.78 is 19.3. The molecule has 0 radical (unpaired) electrons. The second-order valence-corrected chi connectivity index (χ2v) is 10.4. The van der Waals surface area contributed by atoms with Crippen LogP contribution in [0, 0.1) is 0 Å². The summed E-state index contributed by atoms with van der Waals surface area (Å²) in [6.07, 6.45) is 3.06. The van der Waals surface area contributed by atoms with Crippen LogP contribution in [0.4, 0.5) is 5.88 Å². The number of hydrogen-bond donors (Lipinski definition) is 0. The Labute approximate surface area is 230 Å². The van der Waals surface area contributed by atoms with E-state index in [4.69, 9.17) is 18.9 Å². The highest BCUT2D eigenvalue weighted by Gasteiger charge is 2.37. The molecule has 0 bridgehead atoms. The minimum Gasteiger partial charge on any atom is -0.496 e. The van der Waals surface area contributed by atoms with Gasteiger partial charge < -0.3 is 18.8 Å². The molecule has 0 saturated carbocycles. The van der Waals surface area contributed by atoms with Crippen LogP contribution in [0.2, 0.25) is 0 Å². The second kappa shape index (κ2) is 10.9. The number of carbonyl (C=O) groups is 1. The van der Waals surface area contributed by atoms with E-state index in [0.717, 1.165) is 22.8 Å². The first-order valence-electron chi connectivity index (χ1n) is 12.9. The lowest BCUT2D eigenvalue weighted by Crippen LogP contribution is -2.40. The van der Waals surface area contributed by atoms with Gasteiger partial charge in [-0.15, -0.1) is 0 Å². The SMILES string of the molecule is CCCC1=C(C(=O)OCC)[C@H](c2c(OC)ccc3ccccc23)n2c(sc(=Cc3ccc(N(C)C)o3)c2=O)=N1. The molecule has 0 spiro atoms. The summed E-state index contributed by atoms with van der Waals surface area (Å²) in [5.41, 5.74) is 1.44. The van der Waals surface area contributed by atoms with E-state index in [-0.39, 0.29) is 12.2 Å². The first kappa shape index (κ1) is 26.5. The van der Waals surface area contributed by atoms with E-state index in [2.05, 4.69) is 0 Å². The molecule has 0 N–H and O–H groups in total. The van der Waals surface area contributed by atoms with Gasteiger partial charge in [-0.25, -0.2) is 9.79 Å². The van der Waals surface area contributed by atoms with E-state index < -0.39 is 12.0 Å². The largest absolute Gasteiger partial charge is 0.496 e. The standard InChI is InChI=1S/C30H31N3O5S/c1-6-10-21-26(29(35)37-7-2)27(25-20-12-9-8-11-18(20)13-15-22(25)36-5)33-28(34)23(39-30(33)31-21)17-19-14-16-24(38-19)32(3)4/h8-9,11-17,27H,6-7,10H2,1-5H3/t27-/m0/s1. The summed E-state index contributed by atoms with van der Waals surface area (Å²) >= 11 is 1.28. The van der Waals surface area contributed by atoms with Gasteiger partial charge in [0.15, 0.2) is 10.7 Å². The zero-order valence-electron chi connectivity index (χ0n) is 22.7. The third-order valence-corrected chi connectivity index (χ3v) is 7.63. The van der Waals surface area contributed by atoms with Crippen LogP contribution in [-0.4, -0.2) is 38.3 Å². The fourth-order valence-electron chi connectivity index (χ4n) is 4.92. The third-order valence-electron chi connectivity index (χ3n) is 6.64. The van der Waals surface area contributed by atoms with Crippen molar-refractivity contribution in [3.63, 3.8) is 0 Å². The highest BCUT2D eigenvalue weighted by molar-refractivity contribution is 7.07. The minimum absolute atomic E-state index is 0.207. The number of anilines is 1. The summed E-state index contributed by atoms with van der Waals surface area (Å²) in [5.74, 6) is 1.33. The van der Waals surface area contributed by atoms with Gasteiger partial charge in [-0.3, -0.25) is 9.36 Å². The first-order valence-corrected chi connectivity index (χ1v) is 13.7. The minimum atomic E-state index is -0.779.